The Morgan fingerprint density at radius 2 is 2.36 bits per heavy atom. The molecule has 0 spiro atoms. The summed E-state index contributed by atoms with van der Waals surface area (Å²) in [4.78, 5) is 0. The van der Waals surface area contributed by atoms with E-state index in [9.17, 15) is 0 Å². The molecule has 1 saturated heterocycles. The Kier molecular flexibility index (Phi) is 4.44. The number of likely N-dealkylation sites (N-methyl/N-ethyl adjacent to an activating group) is 1. The monoisotopic (exact) mass is 195 g/mol. The van der Waals surface area contributed by atoms with E-state index in [1.165, 1.54) is 6.42 Å². The minimum absolute atomic E-state index is 0.0319. The Morgan fingerprint density at radius 3 is 2.86 bits per heavy atom. The van der Waals surface area contributed by atoms with Gasteiger partial charge in [0.1, 0.15) is 0 Å². The Labute approximate surface area is 87.4 Å². The van der Waals surface area contributed by atoms with Crippen LogP contribution in [0.4, 0.5) is 0 Å². The normalized spacial score (nSPS) is 28.2. The van der Waals surface area contributed by atoms with E-state index in [1.807, 2.05) is 14.0 Å². The number of rotatable bonds is 4. The smallest absolute Gasteiger partial charge is 0.0807 e. The van der Waals surface area contributed by atoms with Gasteiger partial charge in [-0.3, -0.25) is 0 Å². The van der Waals surface area contributed by atoms with Crippen LogP contribution in [0, 0.1) is 11.8 Å². The Morgan fingerprint density at radius 1 is 1.57 bits per heavy atom. The first-order valence-electron chi connectivity index (χ1n) is 5.44. The van der Waals surface area contributed by atoms with Crippen LogP contribution in [0.25, 0.3) is 0 Å². The van der Waals surface area contributed by atoms with Crippen LogP contribution in [0.15, 0.2) is 0 Å². The molecule has 1 aliphatic heterocycles. The van der Waals surface area contributed by atoms with Crippen LogP contribution in [0.3, 0.4) is 0 Å². The van der Waals surface area contributed by atoms with Crippen molar-refractivity contribution in [2.45, 2.75) is 51.2 Å². The molecule has 0 amide bonds. The summed E-state index contributed by atoms with van der Waals surface area (Å²) in [7, 11) is 2.01. The molecule has 0 aromatic carbocycles. The average molecular weight is 195 g/mol. The summed E-state index contributed by atoms with van der Waals surface area (Å²) in [5.74, 6) is 6.04. The second-order valence-electron chi connectivity index (χ2n) is 4.07. The highest BCUT2D eigenvalue weighted by atomic mass is 16.5. The molecule has 2 nitrogen and oxygen atoms in total. The fourth-order valence-electron chi connectivity index (χ4n) is 2.17. The third-order valence-corrected chi connectivity index (χ3v) is 3.07. The fraction of sp³-hybridized carbons (Fsp3) is 0.833. The minimum Gasteiger partial charge on any atom is -0.374 e. The van der Waals surface area contributed by atoms with E-state index >= 15 is 0 Å². The largest absolute Gasteiger partial charge is 0.374 e. The molecule has 2 heteroatoms. The first-order chi connectivity index (χ1) is 6.73. The number of nitrogens with one attached hydrogen (secondary N) is 1. The zero-order valence-electron chi connectivity index (χ0n) is 9.52. The summed E-state index contributed by atoms with van der Waals surface area (Å²) in [5.41, 5.74) is 0.0319. The Bertz CT molecular complexity index is 220. The molecule has 0 saturated carbocycles. The van der Waals surface area contributed by atoms with Crippen molar-refractivity contribution in [1.82, 2.24) is 5.32 Å². The zero-order chi connectivity index (χ0) is 10.4. The topological polar surface area (TPSA) is 21.3 Å². The summed E-state index contributed by atoms with van der Waals surface area (Å²) in [6, 6.07) is 0.436. The molecule has 1 aliphatic rings. The molecule has 0 aromatic rings. The Balaban J connectivity index is 2.46. The van der Waals surface area contributed by atoms with Gasteiger partial charge in [-0.2, -0.15) is 0 Å². The van der Waals surface area contributed by atoms with E-state index in [0.717, 1.165) is 25.9 Å². The highest BCUT2D eigenvalue weighted by molar-refractivity contribution is 4.99. The predicted molar refractivity (Wildman–Crippen MR) is 59.1 cm³/mol. The summed E-state index contributed by atoms with van der Waals surface area (Å²) in [6.45, 7) is 5.01. The molecule has 1 fully saturated rings. The lowest BCUT2D eigenvalue weighted by Crippen LogP contribution is -2.46. The van der Waals surface area contributed by atoms with Crippen molar-refractivity contribution >= 4 is 0 Å². The molecular formula is C12H21NO. The van der Waals surface area contributed by atoms with Crippen molar-refractivity contribution in [3.63, 3.8) is 0 Å². The molecule has 0 aromatic heterocycles. The van der Waals surface area contributed by atoms with Crippen LogP contribution in [0.2, 0.25) is 0 Å². The van der Waals surface area contributed by atoms with Gasteiger partial charge in [-0.15, -0.1) is 11.8 Å². The van der Waals surface area contributed by atoms with Crippen LogP contribution < -0.4 is 5.32 Å². The van der Waals surface area contributed by atoms with Gasteiger partial charge in [0.05, 0.1) is 5.60 Å². The molecule has 80 valence electrons. The first kappa shape index (κ1) is 11.6. The maximum Gasteiger partial charge on any atom is 0.0807 e. The van der Waals surface area contributed by atoms with Gasteiger partial charge in [0.15, 0.2) is 0 Å². The molecule has 1 heterocycles. The van der Waals surface area contributed by atoms with Crippen molar-refractivity contribution in [3.8, 4) is 11.8 Å². The molecule has 14 heavy (non-hydrogen) atoms. The van der Waals surface area contributed by atoms with E-state index in [0.29, 0.717) is 6.04 Å². The summed E-state index contributed by atoms with van der Waals surface area (Å²) in [6.07, 6.45) is 4.39. The van der Waals surface area contributed by atoms with Gasteiger partial charge < -0.3 is 10.1 Å². The number of hydrogen-bond acceptors (Lipinski definition) is 2. The molecule has 1 N–H and O–H groups in total. The summed E-state index contributed by atoms with van der Waals surface area (Å²) >= 11 is 0. The number of hydrogen-bond donors (Lipinski definition) is 1. The minimum atomic E-state index is 0.0319. The van der Waals surface area contributed by atoms with E-state index in [2.05, 4.69) is 24.1 Å². The second-order valence-corrected chi connectivity index (χ2v) is 4.07. The lowest BCUT2D eigenvalue weighted by Gasteiger charge is -2.32. The fourth-order valence-corrected chi connectivity index (χ4v) is 2.17. The van der Waals surface area contributed by atoms with Gasteiger partial charge in [0.2, 0.25) is 0 Å². The van der Waals surface area contributed by atoms with Crippen LogP contribution >= 0.6 is 0 Å². The van der Waals surface area contributed by atoms with Crippen molar-refractivity contribution in [2.24, 2.45) is 0 Å². The van der Waals surface area contributed by atoms with Gasteiger partial charge in [-0.1, -0.05) is 0 Å². The van der Waals surface area contributed by atoms with Crippen molar-refractivity contribution < 1.29 is 4.74 Å². The highest BCUT2D eigenvalue weighted by Crippen LogP contribution is 2.30. The highest BCUT2D eigenvalue weighted by Gasteiger charge is 2.36. The summed E-state index contributed by atoms with van der Waals surface area (Å²) in [5, 5.41) is 3.35. The summed E-state index contributed by atoms with van der Waals surface area (Å²) < 4.78 is 5.81. The SMILES string of the molecule is CC#CCCC(NC)C1(C)CCCO1. The molecule has 0 aliphatic carbocycles. The predicted octanol–water partition coefficient (Wildman–Crippen LogP) is 1.95. The van der Waals surface area contributed by atoms with Crippen molar-refractivity contribution in [2.75, 3.05) is 13.7 Å². The Hall–Kier alpha value is -0.520. The van der Waals surface area contributed by atoms with Gasteiger partial charge in [0, 0.05) is 19.1 Å². The third kappa shape index (κ3) is 2.73. The first-order valence-corrected chi connectivity index (χ1v) is 5.44. The van der Waals surface area contributed by atoms with Crippen LogP contribution in [-0.2, 0) is 4.74 Å². The molecular weight excluding hydrogens is 174 g/mol. The van der Waals surface area contributed by atoms with E-state index in [1.54, 1.807) is 0 Å². The maximum atomic E-state index is 5.81. The van der Waals surface area contributed by atoms with Crippen molar-refractivity contribution in [3.05, 3.63) is 0 Å². The second kappa shape index (κ2) is 5.38. The van der Waals surface area contributed by atoms with Crippen molar-refractivity contribution in [1.29, 1.82) is 0 Å². The number of ether oxygens (including phenoxy) is 1. The van der Waals surface area contributed by atoms with E-state index in [4.69, 9.17) is 4.74 Å². The molecule has 1 rings (SSSR count). The van der Waals surface area contributed by atoms with Gasteiger partial charge in [0.25, 0.3) is 0 Å². The average Bonchev–Trinajstić information content (AvgIpc) is 2.61. The van der Waals surface area contributed by atoms with Gasteiger partial charge in [-0.25, -0.2) is 0 Å². The van der Waals surface area contributed by atoms with E-state index in [-0.39, 0.29) is 5.60 Å². The molecule has 0 radical (unpaired) electrons. The molecule has 0 bridgehead atoms. The quantitative estimate of drug-likeness (QED) is 0.692. The van der Waals surface area contributed by atoms with Gasteiger partial charge in [-0.05, 0) is 40.2 Å². The van der Waals surface area contributed by atoms with Crippen LogP contribution in [0.5, 0.6) is 0 Å². The van der Waals surface area contributed by atoms with E-state index < -0.39 is 0 Å². The lowest BCUT2D eigenvalue weighted by atomic mass is 9.90. The van der Waals surface area contributed by atoms with Crippen LogP contribution in [0.1, 0.15) is 39.5 Å². The zero-order valence-corrected chi connectivity index (χ0v) is 9.52. The third-order valence-electron chi connectivity index (χ3n) is 3.07. The van der Waals surface area contributed by atoms with Crippen LogP contribution in [-0.4, -0.2) is 25.3 Å². The lowest BCUT2D eigenvalue weighted by molar-refractivity contribution is -0.0114. The maximum absolute atomic E-state index is 5.81. The van der Waals surface area contributed by atoms with Gasteiger partial charge >= 0.3 is 0 Å². The molecule has 2 atom stereocenters. The standard InChI is InChI=1S/C12H21NO/c1-4-5-6-8-11(13-3)12(2)9-7-10-14-12/h11,13H,6-10H2,1-3H3. The molecule has 2 unspecified atom stereocenters.